The highest BCUT2D eigenvalue weighted by atomic mass is 16.5. The monoisotopic (exact) mass is 339 g/mol. The molecule has 0 aliphatic rings. The Morgan fingerprint density at radius 3 is 2.48 bits per heavy atom. The van der Waals surface area contributed by atoms with Crippen LogP contribution in [0, 0.1) is 5.92 Å². The molecule has 25 heavy (non-hydrogen) atoms. The first-order valence-corrected chi connectivity index (χ1v) is 9.38. The molecule has 0 saturated carbocycles. The predicted octanol–water partition coefficient (Wildman–Crippen LogP) is 5.82. The van der Waals surface area contributed by atoms with E-state index in [-0.39, 0.29) is 5.97 Å². The summed E-state index contributed by atoms with van der Waals surface area (Å²) >= 11 is 0. The molecule has 0 amide bonds. The maximum Gasteiger partial charge on any atom is 0.311 e. The molecule has 0 fully saturated rings. The van der Waals surface area contributed by atoms with Crippen LogP contribution in [-0.2, 0) is 11.2 Å². The SMILES string of the molecule is CCCCc1ccc(-c2ccc(OC(=O)CCC(C)CC)cc2)nc1. The zero-order chi connectivity index (χ0) is 18.1. The molecule has 3 nitrogen and oxygen atoms in total. The van der Waals surface area contributed by atoms with E-state index in [1.807, 2.05) is 30.5 Å². The molecule has 2 aromatic rings. The number of hydrogen-bond acceptors (Lipinski definition) is 3. The number of esters is 1. The van der Waals surface area contributed by atoms with Gasteiger partial charge in [-0.2, -0.15) is 0 Å². The van der Waals surface area contributed by atoms with Gasteiger partial charge in [0, 0.05) is 18.2 Å². The summed E-state index contributed by atoms with van der Waals surface area (Å²) in [7, 11) is 0. The fourth-order valence-electron chi connectivity index (χ4n) is 2.57. The van der Waals surface area contributed by atoms with Crippen LogP contribution in [0.3, 0.4) is 0 Å². The van der Waals surface area contributed by atoms with Crippen LogP contribution < -0.4 is 4.74 Å². The second-order valence-corrected chi connectivity index (χ2v) is 6.71. The maximum absolute atomic E-state index is 11.9. The maximum atomic E-state index is 11.9. The Labute approximate surface area is 151 Å². The molecule has 1 atom stereocenters. The van der Waals surface area contributed by atoms with Crippen LogP contribution in [0.2, 0.25) is 0 Å². The van der Waals surface area contributed by atoms with E-state index < -0.39 is 0 Å². The molecule has 2 rings (SSSR count). The minimum Gasteiger partial charge on any atom is -0.427 e. The van der Waals surface area contributed by atoms with E-state index in [1.165, 1.54) is 18.4 Å². The number of carbonyl (C=O) groups is 1. The molecule has 1 aromatic heterocycles. The minimum atomic E-state index is -0.161. The molecule has 0 aliphatic carbocycles. The summed E-state index contributed by atoms with van der Waals surface area (Å²) in [6.07, 6.45) is 7.85. The molecule has 134 valence electrons. The van der Waals surface area contributed by atoms with Gasteiger partial charge in [-0.3, -0.25) is 9.78 Å². The van der Waals surface area contributed by atoms with Gasteiger partial charge in [0.15, 0.2) is 0 Å². The van der Waals surface area contributed by atoms with Crippen LogP contribution in [0.15, 0.2) is 42.6 Å². The number of unbranched alkanes of at least 4 members (excludes halogenated alkanes) is 1. The third-order valence-corrected chi connectivity index (χ3v) is 4.56. The predicted molar refractivity (Wildman–Crippen MR) is 103 cm³/mol. The molecular weight excluding hydrogens is 310 g/mol. The van der Waals surface area contributed by atoms with E-state index >= 15 is 0 Å². The highest BCUT2D eigenvalue weighted by molar-refractivity contribution is 5.72. The Balaban J connectivity index is 1.91. The summed E-state index contributed by atoms with van der Waals surface area (Å²) in [5.41, 5.74) is 3.24. The molecular formula is C22H29NO2. The lowest BCUT2D eigenvalue weighted by Crippen LogP contribution is -2.09. The summed E-state index contributed by atoms with van der Waals surface area (Å²) in [5.74, 6) is 0.991. The number of rotatable bonds is 9. The Bertz CT molecular complexity index is 647. The Morgan fingerprint density at radius 2 is 1.88 bits per heavy atom. The van der Waals surface area contributed by atoms with E-state index in [2.05, 4.69) is 37.9 Å². The minimum absolute atomic E-state index is 0.161. The highest BCUT2D eigenvalue weighted by Gasteiger charge is 2.08. The molecule has 1 unspecified atom stereocenters. The van der Waals surface area contributed by atoms with Crippen molar-refractivity contribution in [1.82, 2.24) is 4.98 Å². The van der Waals surface area contributed by atoms with Gasteiger partial charge in [-0.15, -0.1) is 0 Å². The number of carbonyl (C=O) groups excluding carboxylic acids is 1. The summed E-state index contributed by atoms with van der Waals surface area (Å²) < 4.78 is 5.40. The van der Waals surface area contributed by atoms with Crippen molar-refractivity contribution in [3.05, 3.63) is 48.2 Å². The Morgan fingerprint density at radius 1 is 1.12 bits per heavy atom. The molecule has 1 aromatic carbocycles. The lowest BCUT2D eigenvalue weighted by molar-refractivity contribution is -0.134. The summed E-state index contributed by atoms with van der Waals surface area (Å²) in [6, 6.07) is 11.8. The van der Waals surface area contributed by atoms with Crippen molar-refractivity contribution >= 4 is 5.97 Å². The van der Waals surface area contributed by atoms with Crippen molar-refractivity contribution in [2.24, 2.45) is 5.92 Å². The van der Waals surface area contributed by atoms with Crippen molar-refractivity contribution < 1.29 is 9.53 Å². The first-order chi connectivity index (χ1) is 12.1. The van der Waals surface area contributed by atoms with Crippen LogP contribution in [0.1, 0.15) is 58.4 Å². The molecule has 0 spiro atoms. The molecule has 0 aliphatic heterocycles. The molecule has 0 N–H and O–H groups in total. The quantitative estimate of drug-likeness (QED) is 0.426. The normalized spacial score (nSPS) is 12.0. The summed E-state index contributed by atoms with van der Waals surface area (Å²) in [5, 5.41) is 0. The average Bonchev–Trinajstić information content (AvgIpc) is 2.65. The van der Waals surface area contributed by atoms with Crippen LogP contribution in [0.5, 0.6) is 5.75 Å². The van der Waals surface area contributed by atoms with E-state index in [0.29, 0.717) is 18.1 Å². The van der Waals surface area contributed by atoms with E-state index in [4.69, 9.17) is 4.74 Å². The highest BCUT2D eigenvalue weighted by Crippen LogP contribution is 2.22. The second-order valence-electron chi connectivity index (χ2n) is 6.71. The lowest BCUT2D eigenvalue weighted by Gasteiger charge is -2.09. The second kappa shape index (κ2) is 9.97. The number of aryl methyl sites for hydroxylation is 1. The van der Waals surface area contributed by atoms with Gasteiger partial charge in [0.05, 0.1) is 5.69 Å². The van der Waals surface area contributed by atoms with Crippen molar-refractivity contribution in [2.75, 3.05) is 0 Å². The molecule has 1 heterocycles. The zero-order valence-corrected chi connectivity index (χ0v) is 15.6. The molecule has 0 radical (unpaired) electrons. The van der Waals surface area contributed by atoms with Crippen molar-refractivity contribution in [1.29, 1.82) is 0 Å². The van der Waals surface area contributed by atoms with Gasteiger partial charge < -0.3 is 4.74 Å². The Hall–Kier alpha value is -2.16. The summed E-state index contributed by atoms with van der Waals surface area (Å²) in [6.45, 7) is 6.49. The van der Waals surface area contributed by atoms with Crippen LogP contribution in [0.25, 0.3) is 11.3 Å². The lowest BCUT2D eigenvalue weighted by atomic mass is 10.0. The number of nitrogens with zero attached hydrogens (tertiary/aromatic N) is 1. The van der Waals surface area contributed by atoms with Gasteiger partial charge in [-0.1, -0.05) is 39.7 Å². The van der Waals surface area contributed by atoms with Gasteiger partial charge in [0.2, 0.25) is 0 Å². The van der Waals surface area contributed by atoms with Crippen molar-refractivity contribution in [3.8, 4) is 17.0 Å². The molecule has 3 heteroatoms. The fourth-order valence-corrected chi connectivity index (χ4v) is 2.57. The van der Waals surface area contributed by atoms with Crippen LogP contribution in [0.4, 0.5) is 0 Å². The zero-order valence-electron chi connectivity index (χ0n) is 15.6. The fraction of sp³-hybridized carbons (Fsp3) is 0.455. The average molecular weight is 339 g/mol. The number of benzene rings is 1. The molecule has 0 saturated heterocycles. The third kappa shape index (κ3) is 6.33. The van der Waals surface area contributed by atoms with Crippen molar-refractivity contribution in [3.63, 3.8) is 0 Å². The van der Waals surface area contributed by atoms with Crippen LogP contribution in [-0.4, -0.2) is 11.0 Å². The Kier molecular flexibility index (Phi) is 7.65. The van der Waals surface area contributed by atoms with Gasteiger partial charge >= 0.3 is 5.97 Å². The van der Waals surface area contributed by atoms with E-state index in [1.54, 1.807) is 0 Å². The first kappa shape index (κ1) is 19.2. The third-order valence-electron chi connectivity index (χ3n) is 4.56. The standard InChI is InChI=1S/C22H29NO2/c1-4-6-7-18-9-14-21(23-16-18)19-10-12-20(13-11-19)25-22(24)15-8-17(3)5-2/h9-14,16-17H,4-8,15H2,1-3H3. The smallest absolute Gasteiger partial charge is 0.311 e. The van der Waals surface area contributed by atoms with E-state index in [9.17, 15) is 4.79 Å². The van der Waals surface area contributed by atoms with Gasteiger partial charge in [0.1, 0.15) is 5.75 Å². The topological polar surface area (TPSA) is 39.2 Å². The van der Waals surface area contributed by atoms with E-state index in [0.717, 1.165) is 30.5 Å². The number of aromatic nitrogens is 1. The number of pyridine rings is 1. The number of ether oxygens (including phenoxy) is 1. The van der Waals surface area contributed by atoms with Gasteiger partial charge in [-0.05, 0) is 61.1 Å². The van der Waals surface area contributed by atoms with Crippen molar-refractivity contribution in [2.45, 2.75) is 59.3 Å². The summed E-state index contributed by atoms with van der Waals surface area (Å²) in [4.78, 5) is 16.4. The van der Waals surface area contributed by atoms with Gasteiger partial charge in [-0.25, -0.2) is 0 Å². The molecule has 0 bridgehead atoms. The van der Waals surface area contributed by atoms with Gasteiger partial charge in [0.25, 0.3) is 0 Å². The number of hydrogen-bond donors (Lipinski definition) is 0. The largest absolute Gasteiger partial charge is 0.427 e. The first-order valence-electron chi connectivity index (χ1n) is 9.38. The van der Waals surface area contributed by atoms with Crippen LogP contribution >= 0.6 is 0 Å².